The van der Waals surface area contributed by atoms with E-state index in [9.17, 15) is 4.79 Å². The summed E-state index contributed by atoms with van der Waals surface area (Å²) in [5.74, 6) is 1.83. The van der Waals surface area contributed by atoms with E-state index in [0.29, 0.717) is 0 Å². The van der Waals surface area contributed by atoms with E-state index in [1.54, 1.807) is 0 Å². The molecular weight excluding hydrogens is 186 g/mol. The summed E-state index contributed by atoms with van der Waals surface area (Å²) in [4.78, 5) is 13.3. The van der Waals surface area contributed by atoms with Crippen LogP contribution in [-0.2, 0) is 4.79 Å². The lowest BCUT2D eigenvalue weighted by atomic mass is 9.82. The van der Waals surface area contributed by atoms with Gasteiger partial charge < -0.3 is 4.90 Å². The predicted molar refractivity (Wildman–Crippen MR) is 52.7 cm³/mol. The van der Waals surface area contributed by atoms with E-state index >= 15 is 0 Å². The Balaban J connectivity index is 1.94. The molecule has 1 heterocycles. The van der Waals surface area contributed by atoms with E-state index < -0.39 is 0 Å². The maximum Gasteiger partial charge on any atom is 0.237 e. The lowest BCUT2D eigenvalue weighted by Gasteiger charge is -2.22. The van der Waals surface area contributed by atoms with E-state index in [4.69, 9.17) is 11.6 Å². The Bertz CT molecular complexity index is 193. The van der Waals surface area contributed by atoms with Crippen LogP contribution >= 0.6 is 11.6 Å². The molecule has 0 aromatic rings. The molecule has 0 radical (unpaired) electrons. The van der Waals surface area contributed by atoms with Crippen molar-refractivity contribution in [2.45, 2.75) is 25.7 Å². The number of alkyl halides is 1. The number of amides is 1. The van der Waals surface area contributed by atoms with Crippen LogP contribution in [0.1, 0.15) is 25.7 Å². The third-order valence-electron chi connectivity index (χ3n) is 3.44. The third-order valence-corrected chi connectivity index (χ3v) is 3.67. The highest BCUT2D eigenvalue weighted by Gasteiger charge is 2.35. The second-order valence-electron chi connectivity index (χ2n) is 4.24. The molecule has 2 atom stereocenters. The molecule has 3 heteroatoms. The fraction of sp³-hybridized carbons (Fsp3) is 0.900. The number of likely N-dealkylation sites (tertiary alicyclic amines) is 1. The minimum atomic E-state index is 0.121. The van der Waals surface area contributed by atoms with Gasteiger partial charge in [-0.2, -0.15) is 0 Å². The third kappa shape index (κ3) is 1.83. The fourth-order valence-electron chi connectivity index (χ4n) is 2.69. The van der Waals surface area contributed by atoms with Crippen LogP contribution in [0, 0.1) is 11.8 Å². The Morgan fingerprint density at radius 2 is 1.77 bits per heavy atom. The number of carbonyl (C=O) groups is 1. The van der Waals surface area contributed by atoms with Gasteiger partial charge in [0.05, 0.1) is 0 Å². The van der Waals surface area contributed by atoms with E-state index in [1.165, 1.54) is 25.7 Å². The zero-order valence-corrected chi connectivity index (χ0v) is 8.59. The van der Waals surface area contributed by atoms with Crippen molar-refractivity contribution in [2.24, 2.45) is 11.8 Å². The molecule has 1 aliphatic heterocycles. The largest absolute Gasteiger partial charge is 0.341 e. The van der Waals surface area contributed by atoms with Crippen LogP contribution in [0.3, 0.4) is 0 Å². The average molecular weight is 202 g/mol. The first kappa shape index (κ1) is 9.32. The minimum absolute atomic E-state index is 0.121. The summed E-state index contributed by atoms with van der Waals surface area (Å²) >= 11 is 5.54. The number of nitrogens with zero attached hydrogens (tertiary/aromatic N) is 1. The Hall–Kier alpha value is -0.240. The van der Waals surface area contributed by atoms with Crippen LogP contribution in [0.25, 0.3) is 0 Å². The van der Waals surface area contributed by atoms with Gasteiger partial charge in [-0.05, 0) is 24.7 Å². The van der Waals surface area contributed by atoms with Gasteiger partial charge >= 0.3 is 0 Å². The molecule has 1 saturated carbocycles. The molecule has 2 aliphatic rings. The number of hydrogen-bond acceptors (Lipinski definition) is 1. The van der Waals surface area contributed by atoms with Gasteiger partial charge in [0.1, 0.15) is 5.88 Å². The number of rotatable bonds is 1. The maximum absolute atomic E-state index is 11.4. The van der Waals surface area contributed by atoms with Gasteiger partial charge in [0.2, 0.25) is 5.91 Å². The van der Waals surface area contributed by atoms with Crippen molar-refractivity contribution in [1.29, 1.82) is 0 Å². The quantitative estimate of drug-likeness (QED) is 0.594. The lowest BCUT2D eigenvalue weighted by Crippen LogP contribution is -2.29. The number of fused-ring (bicyclic) bond motifs is 1. The topological polar surface area (TPSA) is 20.3 Å². The van der Waals surface area contributed by atoms with Gasteiger partial charge in [0, 0.05) is 13.1 Å². The summed E-state index contributed by atoms with van der Waals surface area (Å²) in [5, 5.41) is 0. The molecule has 0 spiro atoms. The first-order chi connectivity index (χ1) is 6.31. The average Bonchev–Trinajstić information content (AvgIpc) is 2.59. The standard InChI is InChI=1S/C10H16ClNO/c11-5-10(13)12-6-8-3-1-2-4-9(8)7-12/h8-9H,1-7H2/t8-,9+. The molecule has 0 N–H and O–H groups in total. The number of carbonyl (C=O) groups excluding carboxylic acids is 1. The molecule has 74 valence electrons. The summed E-state index contributed by atoms with van der Waals surface area (Å²) in [6, 6.07) is 0. The van der Waals surface area contributed by atoms with Crippen molar-refractivity contribution in [2.75, 3.05) is 19.0 Å². The Labute approximate surface area is 84.2 Å². The Kier molecular flexibility index (Phi) is 2.77. The zero-order valence-electron chi connectivity index (χ0n) is 7.84. The van der Waals surface area contributed by atoms with Gasteiger partial charge in [-0.15, -0.1) is 11.6 Å². The van der Waals surface area contributed by atoms with Crippen LogP contribution in [0.15, 0.2) is 0 Å². The van der Waals surface area contributed by atoms with Gasteiger partial charge in [-0.1, -0.05) is 12.8 Å². The van der Waals surface area contributed by atoms with E-state index in [-0.39, 0.29) is 11.8 Å². The second-order valence-corrected chi connectivity index (χ2v) is 4.50. The Morgan fingerprint density at radius 1 is 1.23 bits per heavy atom. The van der Waals surface area contributed by atoms with Crippen LogP contribution < -0.4 is 0 Å². The van der Waals surface area contributed by atoms with Gasteiger partial charge in [0.15, 0.2) is 0 Å². The summed E-state index contributed by atoms with van der Waals surface area (Å²) in [5.41, 5.74) is 0. The van der Waals surface area contributed by atoms with Gasteiger partial charge in [0.25, 0.3) is 0 Å². The van der Waals surface area contributed by atoms with Crippen LogP contribution in [0.4, 0.5) is 0 Å². The van der Waals surface area contributed by atoms with Crippen LogP contribution in [-0.4, -0.2) is 29.8 Å². The fourth-order valence-corrected chi connectivity index (χ4v) is 2.86. The number of halogens is 1. The first-order valence-corrected chi connectivity index (χ1v) is 5.68. The lowest BCUT2D eigenvalue weighted by molar-refractivity contribution is -0.127. The molecule has 0 unspecified atom stereocenters. The molecule has 1 aliphatic carbocycles. The van der Waals surface area contributed by atoms with Crippen molar-refractivity contribution in [3.63, 3.8) is 0 Å². The van der Waals surface area contributed by atoms with Crippen molar-refractivity contribution in [3.05, 3.63) is 0 Å². The molecule has 2 fully saturated rings. The maximum atomic E-state index is 11.4. The molecule has 0 aromatic heterocycles. The second kappa shape index (κ2) is 3.87. The Morgan fingerprint density at radius 3 is 2.23 bits per heavy atom. The predicted octanol–water partition coefficient (Wildman–Crippen LogP) is 1.87. The summed E-state index contributed by atoms with van der Waals surface area (Å²) in [7, 11) is 0. The zero-order chi connectivity index (χ0) is 9.26. The summed E-state index contributed by atoms with van der Waals surface area (Å²) < 4.78 is 0. The smallest absolute Gasteiger partial charge is 0.237 e. The molecule has 2 nitrogen and oxygen atoms in total. The SMILES string of the molecule is O=C(CCl)N1C[C@H]2CCCC[C@H]2C1. The van der Waals surface area contributed by atoms with Crippen molar-refractivity contribution >= 4 is 17.5 Å². The van der Waals surface area contributed by atoms with Gasteiger partial charge in [-0.25, -0.2) is 0 Å². The monoisotopic (exact) mass is 201 g/mol. The van der Waals surface area contributed by atoms with E-state index in [0.717, 1.165) is 24.9 Å². The molecular formula is C10H16ClNO. The summed E-state index contributed by atoms with van der Waals surface area (Å²) in [6.45, 7) is 1.94. The first-order valence-electron chi connectivity index (χ1n) is 5.15. The summed E-state index contributed by atoms with van der Waals surface area (Å²) in [6.07, 6.45) is 5.33. The molecule has 1 amide bonds. The molecule has 1 saturated heterocycles. The van der Waals surface area contributed by atoms with E-state index in [2.05, 4.69) is 0 Å². The normalized spacial score (nSPS) is 33.2. The molecule has 0 aromatic carbocycles. The van der Waals surface area contributed by atoms with Crippen molar-refractivity contribution < 1.29 is 4.79 Å². The van der Waals surface area contributed by atoms with Crippen LogP contribution in [0.2, 0.25) is 0 Å². The highest BCUT2D eigenvalue weighted by Crippen LogP contribution is 2.35. The van der Waals surface area contributed by atoms with E-state index in [1.807, 2.05) is 4.90 Å². The van der Waals surface area contributed by atoms with Gasteiger partial charge in [-0.3, -0.25) is 4.79 Å². The van der Waals surface area contributed by atoms with Crippen molar-refractivity contribution in [3.8, 4) is 0 Å². The molecule has 13 heavy (non-hydrogen) atoms. The molecule has 2 rings (SSSR count). The minimum Gasteiger partial charge on any atom is -0.341 e. The van der Waals surface area contributed by atoms with Crippen molar-refractivity contribution in [1.82, 2.24) is 4.90 Å². The highest BCUT2D eigenvalue weighted by molar-refractivity contribution is 6.27. The van der Waals surface area contributed by atoms with Crippen LogP contribution in [0.5, 0.6) is 0 Å². The highest BCUT2D eigenvalue weighted by atomic mass is 35.5. The molecule has 0 bridgehead atoms. The number of hydrogen-bond donors (Lipinski definition) is 0.